The highest BCUT2D eigenvalue weighted by Gasteiger charge is 2.32. The van der Waals surface area contributed by atoms with E-state index >= 15 is 0 Å². The number of aromatic amines is 1. The van der Waals surface area contributed by atoms with E-state index in [4.69, 9.17) is 0 Å². The number of thiophene rings is 1. The van der Waals surface area contributed by atoms with Crippen LogP contribution in [-0.4, -0.2) is 33.9 Å². The first-order valence-electron chi connectivity index (χ1n) is 7.70. The average Bonchev–Trinajstić information content (AvgIpc) is 3.15. The van der Waals surface area contributed by atoms with Gasteiger partial charge in [0.25, 0.3) is 0 Å². The highest BCUT2D eigenvalue weighted by Crippen LogP contribution is 2.23. The zero-order chi connectivity index (χ0) is 15.5. The number of hydrogen-bond donors (Lipinski definition) is 2. The normalized spacial score (nSPS) is 16.0. The van der Waals surface area contributed by atoms with Gasteiger partial charge in [-0.1, -0.05) is 13.8 Å². The number of hydrogen-bond acceptors (Lipinski definition) is 4. The van der Waals surface area contributed by atoms with Crippen molar-refractivity contribution in [3.8, 4) is 0 Å². The van der Waals surface area contributed by atoms with Crippen LogP contribution in [0.1, 0.15) is 36.8 Å². The summed E-state index contributed by atoms with van der Waals surface area (Å²) < 4.78 is 0. The van der Waals surface area contributed by atoms with Gasteiger partial charge in [-0.25, -0.2) is 4.98 Å². The molecule has 1 atom stereocenters. The van der Waals surface area contributed by atoms with Crippen LogP contribution >= 0.6 is 36.2 Å². The van der Waals surface area contributed by atoms with E-state index in [1.165, 1.54) is 5.56 Å². The fourth-order valence-electron chi connectivity index (χ4n) is 2.88. The number of halogens is 2. The van der Waals surface area contributed by atoms with Crippen molar-refractivity contribution in [1.29, 1.82) is 0 Å². The monoisotopic (exact) mass is 390 g/mol. The molecule has 0 spiro atoms. The zero-order valence-corrected chi connectivity index (χ0v) is 16.3. The fraction of sp³-hybridized carbons (Fsp3) is 0.500. The van der Waals surface area contributed by atoms with E-state index in [2.05, 4.69) is 46.0 Å². The molecule has 0 aromatic carbocycles. The Balaban J connectivity index is 0.00000144. The molecule has 0 radical (unpaired) electrons. The summed E-state index contributed by atoms with van der Waals surface area (Å²) in [5.41, 5.74) is 3.13. The molecular formula is C16H24Cl2N4OS. The van der Waals surface area contributed by atoms with Crippen molar-refractivity contribution < 1.29 is 4.79 Å². The summed E-state index contributed by atoms with van der Waals surface area (Å²) >= 11 is 1.67. The number of carbonyl (C=O) groups excluding carboxylic acids is 1. The third-order valence-electron chi connectivity index (χ3n) is 3.85. The molecular weight excluding hydrogens is 367 g/mol. The summed E-state index contributed by atoms with van der Waals surface area (Å²) in [4.78, 5) is 22.5. The Bertz CT molecular complexity index is 630. The molecule has 3 rings (SSSR count). The molecule has 3 heterocycles. The quantitative estimate of drug-likeness (QED) is 0.823. The third-order valence-corrected chi connectivity index (χ3v) is 4.58. The standard InChI is InChI=1S/C16H22N4OS.2ClH/c1-11(2)7-20(8-12-4-6-22-9-12)16(21)15-14-13(3-5-17-15)18-10-19-14;;/h4,6,9-11,15,17H,3,5,7-8H2,1-2H3,(H,18,19);2*1H. The predicted molar refractivity (Wildman–Crippen MR) is 102 cm³/mol. The molecule has 0 fully saturated rings. The molecule has 0 saturated heterocycles. The van der Waals surface area contributed by atoms with Gasteiger partial charge in [-0.3, -0.25) is 4.79 Å². The van der Waals surface area contributed by atoms with Crippen LogP contribution in [0.25, 0.3) is 0 Å². The van der Waals surface area contributed by atoms with Gasteiger partial charge in [0.15, 0.2) is 0 Å². The lowest BCUT2D eigenvalue weighted by atomic mass is 10.0. The van der Waals surface area contributed by atoms with Crippen LogP contribution in [0.5, 0.6) is 0 Å². The van der Waals surface area contributed by atoms with Crippen LogP contribution in [0, 0.1) is 5.92 Å². The number of rotatable bonds is 5. The second kappa shape index (κ2) is 9.42. The van der Waals surface area contributed by atoms with Gasteiger partial charge in [-0.2, -0.15) is 11.3 Å². The lowest BCUT2D eigenvalue weighted by Gasteiger charge is -2.30. The maximum Gasteiger partial charge on any atom is 0.246 e. The molecule has 1 unspecified atom stereocenters. The molecule has 1 amide bonds. The van der Waals surface area contributed by atoms with Crippen LogP contribution in [-0.2, 0) is 17.8 Å². The molecule has 0 saturated carbocycles. The Kier molecular flexibility index (Phi) is 8.22. The van der Waals surface area contributed by atoms with Gasteiger partial charge in [0, 0.05) is 31.7 Å². The molecule has 2 aromatic rings. The van der Waals surface area contributed by atoms with Gasteiger partial charge in [0.05, 0.1) is 12.0 Å². The van der Waals surface area contributed by atoms with E-state index in [1.54, 1.807) is 17.7 Å². The molecule has 2 N–H and O–H groups in total. The summed E-state index contributed by atoms with van der Waals surface area (Å²) in [5.74, 6) is 0.554. The van der Waals surface area contributed by atoms with E-state index in [1.807, 2.05) is 4.90 Å². The minimum atomic E-state index is -0.326. The SMILES string of the molecule is CC(C)CN(Cc1ccsc1)C(=O)C1NCCc2[nH]cnc21.Cl.Cl. The lowest BCUT2D eigenvalue weighted by molar-refractivity contribution is -0.135. The van der Waals surface area contributed by atoms with Crippen molar-refractivity contribution in [1.82, 2.24) is 20.2 Å². The van der Waals surface area contributed by atoms with E-state index < -0.39 is 0 Å². The summed E-state index contributed by atoms with van der Waals surface area (Å²) in [5, 5.41) is 7.48. The number of fused-ring (bicyclic) bond motifs is 1. The zero-order valence-electron chi connectivity index (χ0n) is 13.8. The first-order chi connectivity index (χ1) is 10.6. The number of nitrogens with one attached hydrogen (secondary N) is 2. The Hall–Kier alpha value is -1.08. The van der Waals surface area contributed by atoms with Crippen molar-refractivity contribution in [3.05, 3.63) is 40.1 Å². The molecule has 8 heteroatoms. The summed E-state index contributed by atoms with van der Waals surface area (Å²) in [6, 6.07) is 1.76. The number of aromatic nitrogens is 2. The predicted octanol–water partition coefficient (Wildman–Crippen LogP) is 3.19. The van der Waals surface area contributed by atoms with Crippen molar-refractivity contribution in [2.24, 2.45) is 5.92 Å². The fourth-order valence-corrected chi connectivity index (χ4v) is 3.54. The van der Waals surface area contributed by atoms with Crippen LogP contribution in [0.3, 0.4) is 0 Å². The minimum Gasteiger partial charge on any atom is -0.348 e. The third kappa shape index (κ3) is 4.72. The first kappa shape index (κ1) is 21.0. The molecule has 5 nitrogen and oxygen atoms in total. The Morgan fingerprint density at radius 1 is 1.46 bits per heavy atom. The van der Waals surface area contributed by atoms with Gasteiger partial charge in [0.1, 0.15) is 6.04 Å². The number of imidazole rings is 1. The van der Waals surface area contributed by atoms with E-state index in [0.29, 0.717) is 12.5 Å². The van der Waals surface area contributed by atoms with E-state index in [0.717, 1.165) is 30.9 Å². The number of amides is 1. The Labute approximate surface area is 159 Å². The Morgan fingerprint density at radius 3 is 2.92 bits per heavy atom. The van der Waals surface area contributed by atoms with Crippen LogP contribution < -0.4 is 5.32 Å². The van der Waals surface area contributed by atoms with E-state index in [9.17, 15) is 4.79 Å². The number of H-pyrrole nitrogens is 1. The highest BCUT2D eigenvalue weighted by atomic mass is 35.5. The van der Waals surface area contributed by atoms with Crippen molar-refractivity contribution in [2.45, 2.75) is 32.9 Å². The number of carbonyl (C=O) groups is 1. The van der Waals surface area contributed by atoms with Crippen LogP contribution in [0.15, 0.2) is 23.2 Å². The molecule has 0 bridgehead atoms. The first-order valence-corrected chi connectivity index (χ1v) is 8.65. The summed E-state index contributed by atoms with van der Waals surface area (Å²) in [7, 11) is 0. The summed E-state index contributed by atoms with van der Waals surface area (Å²) in [6.45, 7) is 6.51. The maximum absolute atomic E-state index is 13.0. The molecule has 134 valence electrons. The molecule has 0 aliphatic carbocycles. The number of nitrogens with zero attached hydrogens (tertiary/aromatic N) is 2. The molecule has 24 heavy (non-hydrogen) atoms. The van der Waals surface area contributed by atoms with Crippen molar-refractivity contribution in [3.63, 3.8) is 0 Å². The maximum atomic E-state index is 13.0. The minimum absolute atomic E-state index is 0. The van der Waals surface area contributed by atoms with Gasteiger partial charge < -0.3 is 15.2 Å². The lowest BCUT2D eigenvalue weighted by Crippen LogP contribution is -2.44. The van der Waals surface area contributed by atoms with Crippen LogP contribution in [0.4, 0.5) is 0 Å². The molecule has 1 aliphatic heterocycles. The van der Waals surface area contributed by atoms with Gasteiger partial charge in [-0.15, -0.1) is 24.8 Å². The van der Waals surface area contributed by atoms with Crippen molar-refractivity contribution in [2.75, 3.05) is 13.1 Å². The van der Waals surface area contributed by atoms with E-state index in [-0.39, 0.29) is 36.8 Å². The second-order valence-electron chi connectivity index (χ2n) is 6.15. The second-order valence-corrected chi connectivity index (χ2v) is 6.93. The molecule has 2 aromatic heterocycles. The summed E-state index contributed by atoms with van der Waals surface area (Å²) in [6.07, 6.45) is 2.58. The van der Waals surface area contributed by atoms with Crippen molar-refractivity contribution >= 4 is 42.1 Å². The molecule has 1 aliphatic rings. The smallest absolute Gasteiger partial charge is 0.246 e. The van der Waals surface area contributed by atoms with Crippen LogP contribution in [0.2, 0.25) is 0 Å². The van der Waals surface area contributed by atoms with Gasteiger partial charge in [-0.05, 0) is 28.3 Å². The average molecular weight is 391 g/mol. The Morgan fingerprint density at radius 2 is 2.25 bits per heavy atom. The largest absolute Gasteiger partial charge is 0.348 e. The van der Waals surface area contributed by atoms with Gasteiger partial charge in [0.2, 0.25) is 5.91 Å². The topological polar surface area (TPSA) is 61.0 Å². The van der Waals surface area contributed by atoms with Gasteiger partial charge >= 0.3 is 0 Å². The highest BCUT2D eigenvalue weighted by molar-refractivity contribution is 7.07.